The third-order valence-corrected chi connectivity index (χ3v) is 8.44. The number of aromatic hydroxyl groups is 1. The summed E-state index contributed by atoms with van der Waals surface area (Å²) >= 11 is 6.82. The fourth-order valence-electron chi connectivity index (χ4n) is 5.96. The van der Waals surface area contributed by atoms with Gasteiger partial charge in [0.1, 0.15) is 40.3 Å². The number of piperazine rings is 2. The summed E-state index contributed by atoms with van der Waals surface area (Å²) in [6.07, 6.45) is 3.14. The minimum absolute atomic E-state index is 0.0295. The summed E-state index contributed by atoms with van der Waals surface area (Å²) in [7, 11) is 2.07. The number of phenols is 1. The lowest BCUT2D eigenvalue weighted by atomic mass is 10.0. The molecule has 1 aromatic carbocycles. The molecule has 4 aliphatic rings. The van der Waals surface area contributed by atoms with Crippen molar-refractivity contribution in [3.05, 3.63) is 47.3 Å². The number of aromatic nitrogens is 1. The highest BCUT2D eigenvalue weighted by Gasteiger charge is 2.53. The Labute approximate surface area is 225 Å². The molecule has 2 saturated heterocycles. The lowest BCUT2D eigenvalue weighted by Gasteiger charge is -2.43. The van der Waals surface area contributed by atoms with Crippen LogP contribution in [-0.4, -0.2) is 101 Å². The van der Waals surface area contributed by atoms with E-state index in [1.165, 1.54) is 24.3 Å². The zero-order valence-corrected chi connectivity index (χ0v) is 21.9. The highest BCUT2D eigenvalue weighted by molar-refractivity contribution is 6.35. The SMILES string of the molecule is C=CC(=O)N1CCN2C(=O)c3c(N4CCN(C)CC45CC5)nc(-c4c(O)cccc4F)c(Cl)c3OC[C@H]2C1. The van der Waals surface area contributed by atoms with Crippen molar-refractivity contribution in [3.8, 4) is 22.8 Å². The maximum absolute atomic E-state index is 15.0. The number of nitrogens with zero attached hydrogens (tertiary/aromatic N) is 5. The molecule has 9 nitrogen and oxygen atoms in total. The summed E-state index contributed by atoms with van der Waals surface area (Å²) in [5.74, 6) is -0.948. The van der Waals surface area contributed by atoms with Crippen molar-refractivity contribution < 1.29 is 23.8 Å². The van der Waals surface area contributed by atoms with Gasteiger partial charge in [0.25, 0.3) is 5.91 Å². The molecule has 0 bridgehead atoms. The first-order valence-electron chi connectivity index (χ1n) is 12.8. The van der Waals surface area contributed by atoms with E-state index in [-0.39, 0.29) is 57.3 Å². The topological polar surface area (TPSA) is 89.5 Å². The fourth-order valence-corrected chi connectivity index (χ4v) is 6.25. The highest BCUT2D eigenvalue weighted by atomic mass is 35.5. The molecule has 1 aliphatic carbocycles. The summed E-state index contributed by atoms with van der Waals surface area (Å²) < 4.78 is 21.3. The van der Waals surface area contributed by atoms with Crippen LogP contribution in [0.15, 0.2) is 30.9 Å². The molecular weight excluding hydrogens is 513 g/mol. The van der Waals surface area contributed by atoms with Crippen molar-refractivity contribution in [2.24, 2.45) is 0 Å². The minimum atomic E-state index is -0.680. The van der Waals surface area contributed by atoms with E-state index in [2.05, 4.69) is 23.4 Å². The van der Waals surface area contributed by atoms with E-state index in [1.807, 2.05) is 0 Å². The molecule has 2 amide bonds. The van der Waals surface area contributed by atoms with Crippen LogP contribution in [0.25, 0.3) is 11.3 Å². The standard InChI is InChI=1S/C27H29ClFN5O4/c1-3-19(36)32-10-11-33-16(13-32)14-38-24-21(26(33)37)25(34-12-9-31(2)15-27(34)7-8-27)30-23(22(24)28)20-17(29)5-4-6-18(20)35/h3-6,16,35H,1,7-15H2,2H3/t16-/m1/s1. The summed E-state index contributed by atoms with van der Waals surface area (Å²) in [5, 5.41) is 10.6. The van der Waals surface area contributed by atoms with Crippen molar-refractivity contribution in [2.75, 3.05) is 57.8 Å². The Morgan fingerprint density at radius 1 is 1.26 bits per heavy atom. The number of likely N-dealkylation sites (N-methyl/N-ethyl adjacent to an activating group) is 1. The third kappa shape index (κ3) is 3.89. The van der Waals surface area contributed by atoms with Gasteiger partial charge in [-0.25, -0.2) is 9.37 Å². The molecule has 1 spiro atoms. The number of fused-ring (bicyclic) bond motifs is 2. The maximum Gasteiger partial charge on any atom is 0.261 e. The van der Waals surface area contributed by atoms with Gasteiger partial charge in [0.2, 0.25) is 5.91 Å². The van der Waals surface area contributed by atoms with E-state index < -0.39 is 11.9 Å². The van der Waals surface area contributed by atoms with Gasteiger partial charge in [-0.15, -0.1) is 0 Å². The number of hydrogen-bond donors (Lipinski definition) is 1. The normalized spacial score (nSPS) is 22.4. The van der Waals surface area contributed by atoms with E-state index in [9.17, 15) is 14.7 Å². The molecule has 200 valence electrons. The van der Waals surface area contributed by atoms with Crippen molar-refractivity contribution in [2.45, 2.75) is 24.4 Å². The lowest BCUT2D eigenvalue weighted by molar-refractivity contribution is -0.128. The molecule has 3 fully saturated rings. The number of halogens is 2. The molecule has 1 saturated carbocycles. The van der Waals surface area contributed by atoms with Gasteiger partial charge in [-0.3, -0.25) is 9.59 Å². The summed E-state index contributed by atoms with van der Waals surface area (Å²) in [4.78, 5) is 39.0. The first kappa shape index (κ1) is 24.9. The van der Waals surface area contributed by atoms with Gasteiger partial charge in [-0.1, -0.05) is 24.2 Å². The molecule has 1 atom stereocenters. The molecule has 0 unspecified atom stereocenters. The molecule has 4 heterocycles. The van der Waals surface area contributed by atoms with Gasteiger partial charge in [0.05, 0.1) is 17.1 Å². The predicted octanol–water partition coefficient (Wildman–Crippen LogP) is 2.76. The molecule has 38 heavy (non-hydrogen) atoms. The first-order valence-corrected chi connectivity index (χ1v) is 13.1. The van der Waals surface area contributed by atoms with Gasteiger partial charge in [-0.2, -0.15) is 0 Å². The van der Waals surface area contributed by atoms with E-state index >= 15 is 4.39 Å². The second kappa shape index (κ2) is 9.13. The summed E-state index contributed by atoms with van der Waals surface area (Å²) in [6, 6.07) is 3.61. The summed E-state index contributed by atoms with van der Waals surface area (Å²) in [6.45, 7) is 6.86. The molecular formula is C27H29ClFN5O4. The molecule has 1 aromatic heterocycles. The molecule has 11 heteroatoms. The van der Waals surface area contributed by atoms with Crippen LogP contribution in [0.4, 0.5) is 10.2 Å². The van der Waals surface area contributed by atoms with E-state index in [0.717, 1.165) is 25.9 Å². The zero-order chi connectivity index (χ0) is 26.8. The largest absolute Gasteiger partial charge is 0.507 e. The Balaban J connectivity index is 1.52. The van der Waals surface area contributed by atoms with Crippen molar-refractivity contribution in [1.82, 2.24) is 19.7 Å². The number of anilines is 1. The lowest BCUT2D eigenvalue weighted by Crippen LogP contribution is -2.58. The van der Waals surface area contributed by atoms with Gasteiger partial charge < -0.3 is 29.4 Å². The molecule has 3 aliphatic heterocycles. The highest BCUT2D eigenvalue weighted by Crippen LogP contribution is 2.51. The second-order valence-electron chi connectivity index (χ2n) is 10.5. The number of phenolic OH excluding ortho intramolecular Hbond substituents is 1. The van der Waals surface area contributed by atoms with E-state index in [1.54, 1.807) is 9.80 Å². The van der Waals surface area contributed by atoms with Gasteiger partial charge >= 0.3 is 0 Å². The average molecular weight is 542 g/mol. The van der Waals surface area contributed by atoms with Crippen molar-refractivity contribution in [3.63, 3.8) is 0 Å². The first-order chi connectivity index (χ1) is 18.2. The number of hydrogen-bond acceptors (Lipinski definition) is 7. The Bertz CT molecular complexity index is 1330. The molecule has 6 rings (SSSR count). The van der Waals surface area contributed by atoms with Crippen LogP contribution < -0.4 is 9.64 Å². The predicted molar refractivity (Wildman–Crippen MR) is 140 cm³/mol. The van der Waals surface area contributed by atoms with E-state index in [0.29, 0.717) is 32.0 Å². The number of carbonyl (C=O) groups is 2. The Hall–Kier alpha value is -3.37. The van der Waals surface area contributed by atoms with Crippen LogP contribution in [0.1, 0.15) is 23.2 Å². The monoisotopic (exact) mass is 541 g/mol. The quantitative estimate of drug-likeness (QED) is 0.598. The number of pyridine rings is 1. The van der Waals surface area contributed by atoms with Crippen LogP contribution in [-0.2, 0) is 4.79 Å². The Morgan fingerprint density at radius 3 is 2.76 bits per heavy atom. The maximum atomic E-state index is 15.0. The van der Waals surface area contributed by atoms with Crippen LogP contribution >= 0.6 is 11.6 Å². The van der Waals surface area contributed by atoms with Crippen LogP contribution in [0, 0.1) is 5.82 Å². The van der Waals surface area contributed by atoms with Crippen LogP contribution in [0.5, 0.6) is 11.5 Å². The number of amides is 2. The molecule has 2 aromatic rings. The van der Waals surface area contributed by atoms with E-state index in [4.69, 9.17) is 21.3 Å². The van der Waals surface area contributed by atoms with Crippen LogP contribution in [0.2, 0.25) is 5.02 Å². The Morgan fingerprint density at radius 2 is 2.05 bits per heavy atom. The third-order valence-electron chi connectivity index (χ3n) is 8.09. The number of rotatable bonds is 3. The fraction of sp³-hybridized carbons (Fsp3) is 0.444. The number of carbonyl (C=O) groups excluding carboxylic acids is 2. The molecule has 1 N–H and O–H groups in total. The van der Waals surface area contributed by atoms with Crippen molar-refractivity contribution >= 4 is 29.2 Å². The van der Waals surface area contributed by atoms with Gasteiger partial charge in [0.15, 0.2) is 5.75 Å². The van der Waals surface area contributed by atoms with Crippen molar-refractivity contribution in [1.29, 1.82) is 0 Å². The van der Waals surface area contributed by atoms with Crippen LogP contribution in [0.3, 0.4) is 0 Å². The van der Waals surface area contributed by atoms with Gasteiger partial charge in [-0.05, 0) is 38.1 Å². The second-order valence-corrected chi connectivity index (χ2v) is 10.9. The number of ether oxygens (including phenoxy) is 1. The number of benzene rings is 1. The smallest absolute Gasteiger partial charge is 0.261 e. The minimum Gasteiger partial charge on any atom is -0.507 e. The Kier molecular flexibility index (Phi) is 5.99. The average Bonchev–Trinajstić information content (AvgIpc) is 3.68. The zero-order valence-electron chi connectivity index (χ0n) is 21.1. The molecule has 0 radical (unpaired) electrons. The summed E-state index contributed by atoms with van der Waals surface area (Å²) in [5.41, 5.74) is -0.0448. The van der Waals surface area contributed by atoms with Gasteiger partial charge in [0, 0.05) is 39.3 Å².